The number of hydrogen-bond donors (Lipinski definition) is 1. The lowest BCUT2D eigenvalue weighted by atomic mass is 9.95. The molecule has 1 unspecified atom stereocenters. The molecule has 25 heavy (non-hydrogen) atoms. The third-order valence-corrected chi connectivity index (χ3v) is 4.67. The second kappa shape index (κ2) is 6.99. The molecule has 1 aliphatic rings. The van der Waals surface area contributed by atoms with Gasteiger partial charge in [0.25, 0.3) is 0 Å². The maximum absolute atomic E-state index is 5.36. The summed E-state index contributed by atoms with van der Waals surface area (Å²) in [7, 11) is 0. The van der Waals surface area contributed by atoms with Gasteiger partial charge in [-0.1, -0.05) is 84.9 Å². The number of aliphatic imine (C=N–C) groups is 1. The van der Waals surface area contributed by atoms with E-state index in [4.69, 9.17) is 12.2 Å². The SMILES string of the molecule is S=C1N=C(c2ccc(-c3ccccc3)cc2)CC(c2ccccc2)N1. The summed E-state index contributed by atoms with van der Waals surface area (Å²) >= 11 is 5.36. The molecule has 2 nitrogen and oxygen atoms in total. The summed E-state index contributed by atoms with van der Waals surface area (Å²) in [6.07, 6.45) is 0.828. The van der Waals surface area contributed by atoms with Crippen LogP contribution in [0.2, 0.25) is 0 Å². The molecule has 4 rings (SSSR count). The van der Waals surface area contributed by atoms with Gasteiger partial charge in [-0.3, -0.25) is 0 Å². The average Bonchev–Trinajstić information content (AvgIpc) is 2.69. The Morgan fingerprint density at radius 2 is 1.28 bits per heavy atom. The number of hydrogen-bond acceptors (Lipinski definition) is 1. The van der Waals surface area contributed by atoms with Crippen LogP contribution in [0.1, 0.15) is 23.6 Å². The number of benzene rings is 3. The Morgan fingerprint density at radius 3 is 1.96 bits per heavy atom. The summed E-state index contributed by atoms with van der Waals surface area (Å²) in [6, 6.07) is 29.5. The number of nitrogens with one attached hydrogen (secondary N) is 1. The number of thiocarbonyl (C=S) groups is 1. The fraction of sp³-hybridized carbons (Fsp3) is 0.0909. The molecule has 0 aliphatic carbocycles. The second-order valence-corrected chi connectivity index (χ2v) is 6.51. The van der Waals surface area contributed by atoms with Crippen molar-refractivity contribution in [1.82, 2.24) is 5.32 Å². The van der Waals surface area contributed by atoms with Gasteiger partial charge in [-0.25, -0.2) is 4.99 Å². The molecule has 0 amide bonds. The molecule has 0 saturated heterocycles. The van der Waals surface area contributed by atoms with Crippen LogP contribution >= 0.6 is 12.2 Å². The van der Waals surface area contributed by atoms with Crippen molar-refractivity contribution >= 4 is 23.0 Å². The van der Waals surface area contributed by atoms with Crippen LogP contribution in [0, 0.1) is 0 Å². The molecule has 122 valence electrons. The molecule has 0 radical (unpaired) electrons. The van der Waals surface area contributed by atoms with Gasteiger partial charge in [-0.2, -0.15) is 0 Å². The van der Waals surface area contributed by atoms with Crippen molar-refractivity contribution in [3.05, 3.63) is 96.1 Å². The fourth-order valence-corrected chi connectivity index (χ4v) is 3.40. The lowest BCUT2D eigenvalue weighted by molar-refractivity contribution is 0.664. The molecule has 3 aromatic rings. The van der Waals surface area contributed by atoms with Crippen molar-refractivity contribution in [2.24, 2.45) is 4.99 Å². The summed E-state index contributed by atoms with van der Waals surface area (Å²) in [5.41, 5.74) is 5.83. The second-order valence-electron chi connectivity index (χ2n) is 6.12. The van der Waals surface area contributed by atoms with E-state index in [-0.39, 0.29) is 6.04 Å². The minimum Gasteiger partial charge on any atom is -0.354 e. The lowest BCUT2D eigenvalue weighted by Gasteiger charge is -2.25. The molecular formula is C22H18N2S. The van der Waals surface area contributed by atoms with Gasteiger partial charge < -0.3 is 5.32 Å². The zero-order chi connectivity index (χ0) is 17.1. The van der Waals surface area contributed by atoms with Gasteiger partial charge >= 0.3 is 0 Å². The first-order valence-electron chi connectivity index (χ1n) is 8.38. The molecule has 1 aliphatic heterocycles. The zero-order valence-corrected chi connectivity index (χ0v) is 14.5. The Balaban J connectivity index is 1.59. The zero-order valence-electron chi connectivity index (χ0n) is 13.7. The summed E-state index contributed by atoms with van der Waals surface area (Å²) < 4.78 is 0. The first-order valence-corrected chi connectivity index (χ1v) is 8.79. The molecule has 3 heteroatoms. The molecule has 1 heterocycles. The normalized spacial score (nSPS) is 16.9. The summed E-state index contributed by atoms with van der Waals surface area (Å²) in [4.78, 5) is 4.57. The molecule has 0 aromatic heterocycles. The van der Waals surface area contributed by atoms with Gasteiger partial charge in [0.15, 0.2) is 5.11 Å². The minimum atomic E-state index is 0.176. The predicted molar refractivity (Wildman–Crippen MR) is 108 cm³/mol. The van der Waals surface area contributed by atoms with Crippen LogP contribution < -0.4 is 5.32 Å². The molecule has 0 bridgehead atoms. The Kier molecular flexibility index (Phi) is 4.40. The highest BCUT2D eigenvalue weighted by atomic mass is 32.1. The predicted octanol–water partition coefficient (Wildman–Crippen LogP) is 5.16. The van der Waals surface area contributed by atoms with E-state index in [0.717, 1.165) is 17.7 Å². The molecule has 1 atom stereocenters. The van der Waals surface area contributed by atoms with Crippen molar-refractivity contribution in [2.45, 2.75) is 12.5 Å². The van der Waals surface area contributed by atoms with Crippen molar-refractivity contribution in [3.63, 3.8) is 0 Å². The van der Waals surface area contributed by atoms with Gasteiger partial charge in [0.05, 0.1) is 11.8 Å². The number of rotatable bonds is 3. The maximum atomic E-state index is 5.36. The smallest absolute Gasteiger partial charge is 0.193 e. The minimum absolute atomic E-state index is 0.176. The molecule has 0 spiro atoms. The van der Waals surface area contributed by atoms with Crippen LogP contribution in [-0.4, -0.2) is 10.8 Å². The van der Waals surface area contributed by atoms with E-state index in [1.807, 2.05) is 12.1 Å². The number of nitrogens with zero attached hydrogens (tertiary/aromatic N) is 1. The van der Waals surface area contributed by atoms with Crippen molar-refractivity contribution in [1.29, 1.82) is 0 Å². The standard InChI is InChI=1S/C22H18N2S/c25-22-23-20(18-9-5-2-6-10-18)15-21(24-22)19-13-11-17(12-14-19)16-7-3-1-4-8-16/h1-14,20H,15H2,(H,23,25). The lowest BCUT2D eigenvalue weighted by Crippen LogP contribution is -2.33. The van der Waals surface area contributed by atoms with Crippen LogP contribution in [0.15, 0.2) is 89.9 Å². The van der Waals surface area contributed by atoms with E-state index in [1.54, 1.807) is 0 Å². The van der Waals surface area contributed by atoms with Crippen LogP contribution in [-0.2, 0) is 0 Å². The maximum Gasteiger partial charge on any atom is 0.193 e. The van der Waals surface area contributed by atoms with Gasteiger partial charge in [-0.15, -0.1) is 0 Å². The van der Waals surface area contributed by atoms with E-state index in [2.05, 4.69) is 83.1 Å². The summed E-state index contributed by atoms with van der Waals surface area (Å²) in [6.45, 7) is 0. The Labute approximate surface area is 153 Å². The summed E-state index contributed by atoms with van der Waals surface area (Å²) in [5.74, 6) is 0. The largest absolute Gasteiger partial charge is 0.354 e. The van der Waals surface area contributed by atoms with E-state index < -0.39 is 0 Å². The van der Waals surface area contributed by atoms with Gasteiger partial charge in [-0.05, 0) is 34.5 Å². The van der Waals surface area contributed by atoms with Crippen LogP contribution in [0.5, 0.6) is 0 Å². The highest BCUT2D eigenvalue weighted by Gasteiger charge is 2.21. The molecule has 1 N–H and O–H groups in total. The van der Waals surface area contributed by atoms with Crippen LogP contribution in [0.3, 0.4) is 0 Å². The van der Waals surface area contributed by atoms with E-state index in [0.29, 0.717) is 5.11 Å². The van der Waals surface area contributed by atoms with E-state index >= 15 is 0 Å². The molecular weight excluding hydrogens is 324 g/mol. The Bertz CT molecular complexity index is 900. The topological polar surface area (TPSA) is 24.4 Å². The van der Waals surface area contributed by atoms with Crippen molar-refractivity contribution in [2.75, 3.05) is 0 Å². The fourth-order valence-electron chi connectivity index (χ4n) is 3.15. The van der Waals surface area contributed by atoms with Gasteiger partial charge in [0.2, 0.25) is 0 Å². The van der Waals surface area contributed by atoms with Gasteiger partial charge in [0, 0.05) is 6.42 Å². The molecule has 0 saturated carbocycles. The molecule has 3 aromatic carbocycles. The van der Waals surface area contributed by atoms with E-state index in [1.165, 1.54) is 16.7 Å². The van der Waals surface area contributed by atoms with E-state index in [9.17, 15) is 0 Å². The van der Waals surface area contributed by atoms with Gasteiger partial charge in [0.1, 0.15) is 0 Å². The Hall–Kier alpha value is -2.78. The third-order valence-electron chi connectivity index (χ3n) is 4.46. The Morgan fingerprint density at radius 1 is 0.720 bits per heavy atom. The van der Waals surface area contributed by atoms with Crippen molar-refractivity contribution in [3.8, 4) is 11.1 Å². The first-order chi connectivity index (χ1) is 12.3. The average molecular weight is 342 g/mol. The monoisotopic (exact) mass is 342 g/mol. The quantitative estimate of drug-likeness (QED) is 0.665. The highest BCUT2D eigenvalue weighted by Crippen LogP contribution is 2.25. The molecule has 0 fully saturated rings. The van der Waals surface area contributed by atoms with Crippen LogP contribution in [0.25, 0.3) is 11.1 Å². The van der Waals surface area contributed by atoms with Crippen LogP contribution in [0.4, 0.5) is 0 Å². The first kappa shape index (κ1) is 15.7. The summed E-state index contributed by atoms with van der Waals surface area (Å²) in [5, 5.41) is 3.87. The third kappa shape index (κ3) is 3.52. The van der Waals surface area contributed by atoms with Crippen molar-refractivity contribution < 1.29 is 0 Å². The highest BCUT2D eigenvalue weighted by molar-refractivity contribution is 7.80.